The van der Waals surface area contributed by atoms with Crippen LogP contribution in [0.5, 0.6) is 0 Å². The van der Waals surface area contributed by atoms with Crippen molar-refractivity contribution >= 4 is 5.97 Å². The fraction of sp³-hybridized carbons (Fsp3) is 0.917. The molecule has 1 aliphatic carbocycles. The Morgan fingerprint density at radius 3 is 2.13 bits per heavy atom. The molecular formula is C12H22O3. The van der Waals surface area contributed by atoms with Crippen LogP contribution in [-0.4, -0.2) is 21.8 Å². The van der Waals surface area contributed by atoms with Gasteiger partial charge in [0, 0.05) is 5.92 Å². The van der Waals surface area contributed by atoms with Crippen molar-refractivity contribution in [2.24, 2.45) is 11.3 Å². The molecule has 1 fully saturated rings. The highest BCUT2D eigenvalue weighted by Crippen LogP contribution is 2.49. The summed E-state index contributed by atoms with van der Waals surface area (Å²) in [6, 6.07) is 0. The van der Waals surface area contributed by atoms with Gasteiger partial charge >= 0.3 is 5.97 Å². The zero-order chi connectivity index (χ0) is 11.7. The monoisotopic (exact) mass is 214 g/mol. The molecule has 0 aromatic carbocycles. The van der Waals surface area contributed by atoms with Crippen LogP contribution in [0.4, 0.5) is 0 Å². The number of carboxylic acids is 1. The Kier molecular flexibility index (Phi) is 3.44. The Hall–Kier alpha value is -0.570. The van der Waals surface area contributed by atoms with E-state index in [9.17, 15) is 15.0 Å². The van der Waals surface area contributed by atoms with E-state index in [2.05, 4.69) is 0 Å². The summed E-state index contributed by atoms with van der Waals surface area (Å²) in [5.41, 5.74) is -1.59. The summed E-state index contributed by atoms with van der Waals surface area (Å²) in [6.07, 6.45) is 4.09. The van der Waals surface area contributed by atoms with E-state index in [4.69, 9.17) is 0 Å². The molecule has 0 aromatic heterocycles. The van der Waals surface area contributed by atoms with Crippen LogP contribution in [0.1, 0.15) is 52.9 Å². The van der Waals surface area contributed by atoms with E-state index in [-0.39, 0.29) is 5.92 Å². The first-order valence-corrected chi connectivity index (χ1v) is 5.80. The summed E-state index contributed by atoms with van der Waals surface area (Å²) in [7, 11) is 0. The van der Waals surface area contributed by atoms with Gasteiger partial charge < -0.3 is 10.2 Å². The number of hydrogen-bond donors (Lipinski definition) is 2. The molecule has 88 valence electrons. The number of rotatable bonds is 4. The van der Waals surface area contributed by atoms with E-state index < -0.39 is 17.0 Å². The molecular weight excluding hydrogens is 192 g/mol. The maximum atomic E-state index is 11.5. The van der Waals surface area contributed by atoms with Crippen LogP contribution >= 0.6 is 0 Å². The molecule has 3 heteroatoms. The Balaban J connectivity index is 3.02. The van der Waals surface area contributed by atoms with E-state index >= 15 is 0 Å². The van der Waals surface area contributed by atoms with Crippen LogP contribution < -0.4 is 0 Å². The van der Waals surface area contributed by atoms with Gasteiger partial charge in [0.25, 0.3) is 0 Å². The van der Waals surface area contributed by atoms with Crippen LogP contribution in [0.2, 0.25) is 0 Å². The zero-order valence-electron chi connectivity index (χ0n) is 9.92. The van der Waals surface area contributed by atoms with Crippen molar-refractivity contribution in [1.82, 2.24) is 0 Å². The van der Waals surface area contributed by atoms with E-state index in [0.29, 0.717) is 12.8 Å². The average molecular weight is 214 g/mol. The molecule has 2 N–H and O–H groups in total. The van der Waals surface area contributed by atoms with Gasteiger partial charge in [0.05, 0.1) is 11.0 Å². The third-order valence-corrected chi connectivity index (χ3v) is 3.85. The number of carboxylic acid groups (broad SMARTS) is 1. The van der Waals surface area contributed by atoms with Crippen molar-refractivity contribution < 1.29 is 15.0 Å². The second-order valence-electron chi connectivity index (χ2n) is 5.28. The van der Waals surface area contributed by atoms with E-state index in [1.165, 1.54) is 0 Å². The minimum atomic E-state index is -0.905. The average Bonchev–Trinajstić information content (AvgIpc) is 2.52. The molecule has 0 spiro atoms. The largest absolute Gasteiger partial charge is 0.481 e. The van der Waals surface area contributed by atoms with Gasteiger partial charge in [-0.2, -0.15) is 0 Å². The van der Waals surface area contributed by atoms with Crippen molar-refractivity contribution in [3.05, 3.63) is 0 Å². The van der Waals surface area contributed by atoms with Crippen LogP contribution in [0.3, 0.4) is 0 Å². The molecule has 0 heterocycles. The van der Waals surface area contributed by atoms with Gasteiger partial charge in [0.15, 0.2) is 0 Å². The maximum absolute atomic E-state index is 11.5. The van der Waals surface area contributed by atoms with Gasteiger partial charge in [0.2, 0.25) is 0 Å². The lowest BCUT2D eigenvalue weighted by Gasteiger charge is -2.40. The SMILES string of the molecule is CCC(C(C)(C)O)C1(C(=O)O)CCCC1. The van der Waals surface area contributed by atoms with Crippen LogP contribution in [-0.2, 0) is 4.79 Å². The fourth-order valence-electron chi connectivity index (χ4n) is 3.28. The van der Waals surface area contributed by atoms with Gasteiger partial charge in [-0.1, -0.05) is 19.8 Å². The summed E-state index contributed by atoms with van der Waals surface area (Å²) in [5.74, 6) is -0.876. The molecule has 1 rings (SSSR count). The summed E-state index contributed by atoms with van der Waals surface area (Å²) in [4.78, 5) is 11.5. The molecule has 1 aliphatic rings. The Bertz CT molecular complexity index is 234. The smallest absolute Gasteiger partial charge is 0.310 e. The first-order chi connectivity index (χ1) is 6.84. The van der Waals surface area contributed by atoms with Crippen LogP contribution in [0.15, 0.2) is 0 Å². The van der Waals surface area contributed by atoms with Gasteiger partial charge in [-0.3, -0.25) is 4.79 Å². The molecule has 0 radical (unpaired) electrons. The van der Waals surface area contributed by atoms with Crippen molar-refractivity contribution in [3.63, 3.8) is 0 Å². The summed E-state index contributed by atoms with van der Waals surface area (Å²) < 4.78 is 0. The van der Waals surface area contributed by atoms with Crippen LogP contribution in [0, 0.1) is 11.3 Å². The highest BCUT2D eigenvalue weighted by atomic mass is 16.4. The predicted octanol–water partition coefficient (Wildman–Crippen LogP) is 2.43. The molecule has 0 bridgehead atoms. The molecule has 1 atom stereocenters. The lowest BCUT2D eigenvalue weighted by atomic mass is 9.66. The maximum Gasteiger partial charge on any atom is 0.310 e. The summed E-state index contributed by atoms with van der Waals surface area (Å²) in [6.45, 7) is 5.42. The molecule has 1 unspecified atom stereocenters. The standard InChI is InChI=1S/C12H22O3/c1-4-9(11(2,3)15)12(10(13)14)7-5-6-8-12/h9,15H,4-8H2,1-3H3,(H,13,14). The molecule has 3 nitrogen and oxygen atoms in total. The molecule has 15 heavy (non-hydrogen) atoms. The minimum Gasteiger partial charge on any atom is -0.481 e. The van der Waals surface area contributed by atoms with Gasteiger partial charge in [-0.15, -0.1) is 0 Å². The molecule has 1 saturated carbocycles. The Morgan fingerprint density at radius 1 is 1.40 bits per heavy atom. The van der Waals surface area contributed by atoms with Crippen molar-refractivity contribution in [1.29, 1.82) is 0 Å². The van der Waals surface area contributed by atoms with Crippen LogP contribution in [0.25, 0.3) is 0 Å². The third kappa shape index (κ3) is 2.17. The lowest BCUT2D eigenvalue weighted by Crippen LogP contribution is -2.47. The number of hydrogen-bond acceptors (Lipinski definition) is 2. The molecule has 0 aromatic rings. The van der Waals surface area contributed by atoms with Crippen molar-refractivity contribution in [3.8, 4) is 0 Å². The van der Waals surface area contributed by atoms with Crippen molar-refractivity contribution in [2.45, 2.75) is 58.5 Å². The fourth-order valence-corrected chi connectivity index (χ4v) is 3.28. The van der Waals surface area contributed by atoms with Gasteiger partial charge in [-0.25, -0.2) is 0 Å². The number of carbonyl (C=O) groups is 1. The van der Waals surface area contributed by atoms with E-state index in [1.807, 2.05) is 6.92 Å². The lowest BCUT2D eigenvalue weighted by molar-refractivity contribution is -0.160. The third-order valence-electron chi connectivity index (χ3n) is 3.85. The summed E-state index contributed by atoms with van der Waals surface area (Å²) in [5, 5.41) is 19.5. The van der Waals surface area contributed by atoms with E-state index in [1.54, 1.807) is 13.8 Å². The van der Waals surface area contributed by atoms with E-state index in [0.717, 1.165) is 19.3 Å². The first-order valence-electron chi connectivity index (χ1n) is 5.80. The summed E-state index contributed by atoms with van der Waals surface area (Å²) >= 11 is 0. The molecule has 0 amide bonds. The first kappa shape index (κ1) is 12.5. The number of aliphatic carboxylic acids is 1. The topological polar surface area (TPSA) is 57.5 Å². The second-order valence-corrected chi connectivity index (χ2v) is 5.28. The highest BCUT2D eigenvalue weighted by molar-refractivity contribution is 5.75. The predicted molar refractivity (Wildman–Crippen MR) is 58.6 cm³/mol. The van der Waals surface area contributed by atoms with Crippen molar-refractivity contribution in [2.75, 3.05) is 0 Å². The number of aliphatic hydroxyl groups is 1. The second kappa shape index (κ2) is 4.12. The van der Waals surface area contributed by atoms with Gasteiger partial charge in [-0.05, 0) is 33.1 Å². The Morgan fingerprint density at radius 2 is 1.87 bits per heavy atom. The molecule has 0 saturated heterocycles. The normalized spacial score (nSPS) is 22.7. The zero-order valence-corrected chi connectivity index (χ0v) is 9.92. The highest BCUT2D eigenvalue weighted by Gasteiger charge is 2.51. The minimum absolute atomic E-state index is 0.148. The molecule has 0 aliphatic heterocycles. The van der Waals surface area contributed by atoms with Gasteiger partial charge in [0.1, 0.15) is 0 Å². The quantitative estimate of drug-likeness (QED) is 0.755. The Labute approximate surface area is 91.5 Å².